The van der Waals surface area contributed by atoms with Crippen molar-refractivity contribution in [2.75, 3.05) is 30.5 Å². The quantitative estimate of drug-likeness (QED) is 0.828. The van der Waals surface area contributed by atoms with Gasteiger partial charge in [0.2, 0.25) is 5.91 Å². The molecule has 1 saturated heterocycles. The lowest BCUT2D eigenvalue weighted by Crippen LogP contribution is -2.46. The van der Waals surface area contributed by atoms with Gasteiger partial charge < -0.3 is 15.4 Å². The van der Waals surface area contributed by atoms with Crippen LogP contribution in [0.5, 0.6) is 0 Å². The van der Waals surface area contributed by atoms with Crippen LogP contribution in [0.1, 0.15) is 15.2 Å². The number of thiophene rings is 1. The Morgan fingerprint density at radius 2 is 2.32 bits per heavy atom. The molecule has 19 heavy (non-hydrogen) atoms. The van der Waals surface area contributed by atoms with Crippen LogP contribution >= 0.6 is 23.1 Å². The first-order chi connectivity index (χ1) is 9.13. The van der Waals surface area contributed by atoms with Crippen LogP contribution in [0.25, 0.3) is 0 Å². The molecule has 1 fully saturated rings. The van der Waals surface area contributed by atoms with Gasteiger partial charge in [0, 0.05) is 18.1 Å². The Kier molecular flexibility index (Phi) is 4.84. The zero-order chi connectivity index (χ0) is 13.8. The largest absolute Gasteiger partial charge is 0.465 e. The lowest BCUT2D eigenvalue weighted by atomic mass is 10.2. The van der Waals surface area contributed by atoms with E-state index < -0.39 is 5.97 Å². The highest BCUT2D eigenvalue weighted by atomic mass is 32.2. The average molecular weight is 300 g/mol. The third-order valence-electron chi connectivity index (χ3n) is 2.83. The van der Waals surface area contributed by atoms with Gasteiger partial charge in [-0.1, -0.05) is 0 Å². The molecular formula is C12H16N2O3S2. The van der Waals surface area contributed by atoms with Gasteiger partial charge in [0.25, 0.3) is 0 Å². The minimum Gasteiger partial charge on any atom is -0.465 e. The van der Waals surface area contributed by atoms with Crippen molar-refractivity contribution in [2.45, 2.75) is 13.0 Å². The van der Waals surface area contributed by atoms with Crippen molar-refractivity contribution in [1.29, 1.82) is 0 Å². The van der Waals surface area contributed by atoms with E-state index in [-0.39, 0.29) is 11.9 Å². The number of thioether (sulfide) groups is 1. The van der Waals surface area contributed by atoms with Crippen LogP contribution in [0.3, 0.4) is 0 Å². The fourth-order valence-corrected chi connectivity index (χ4v) is 3.64. The molecule has 2 heterocycles. The first-order valence-electron chi connectivity index (χ1n) is 5.92. The molecule has 2 N–H and O–H groups in total. The number of hydrogen-bond donors (Lipinski definition) is 2. The molecule has 1 atom stereocenters. The van der Waals surface area contributed by atoms with Crippen molar-refractivity contribution < 1.29 is 14.3 Å². The molecule has 5 nitrogen and oxygen atoms in total. The summed E-state index contributed by atoms with van der Waals surface area (Å²) in [6.07, 6.45) is 0. The Morgan fingerprint density at radius 3 is 2.95 bits per heavy atom. The summed E-state index contributed by atoms with van der Waals surface area (Å²) in [5, 5.41) is 7.84. The molecule has 0 spiro atoms. The molecule has 1 amide bonds. The zero-order valence-electron chi connectivity index (χ0n) is 10.8. The van der Waals surface area contributed by atoms with Gasteiger partial charge in [0.05, 0.1) is 18.8 Å². The molecule has 1 aliphatic rings. The number of rotatable bonds is 3. The number of nitrogens with one attached hydrogen (secondary N) is 2. The predicted octanol–water partition coefficient (Wildman–Crippen LogP) is 1.49. The maximum atomic E-state index is 12.1. The van der Waals surface area contributed by atoms with Crippen LogP contribution in [-0.2, 0) is 9.53 Å². The average Bonchev–Trinajstić information content (AvgIpc) is 2.80. The van der Waals surface area contributed by atoms with E-state index in [1.54, 1.807) is 11.8 Å². The monoisotopic (exact) mass is 300 g/mol. The highest BCUT2D eigenvalue weighted by Crippen LogP contribution is 2.28. The standard InChI is InChI=1S/C12H16N2O3S2/c1-7-5-19-10(12(16)17-2)9(7)14-11(15)8-6-18-4-3-13-8/h5,8,13H,3-4,6H2,1-2H3,(H,14,15). The van der Waals surface area contributed by atoms with Gasteiger partial charge in [-0.25, -0.2) is 4.79 Å². The van der Waals surface area contributed by atoms with E-state index >= 15 is 0 Å². The maximum absolute atomic E-state index is 12.1. The van der Waals surface area contributed by atoms with Crippen LogP contribution in [0.15, 0.2) is 5.38 Å². The number of anilines is 1. The number of ether oxygens (including phenoxy) is 1. The molecule has 1 unspecified atom stereocenters. The van der Waals surface area contributed by atoms with E-state index in [1.807, 2.05) is 12.3 Å². The molecule has 1 aromatic heterocycles. The minimum atomic E-state index is -0.417. The summed E-state index contributed by atoms with van der Waals surface area (Å²) in [7, 11) is 1.34. The number of methoxy groups -OCH3 is 1. The van der Waals surface area contributed by atoms with Crippen molar-refractivity contribution in [3.8, 4) is 0 Å². The first-order valence-corrected chi connectivity index (χ1v) is 7.95. The van der Waals surface area contributed by atoms with Crippen molar-refractivity contribution in [3.05, 3.63) is 15.8 Å². The molecule has 2 rings (SSSR count). The summed E-state index contributed by atoms with van der Waals surface area (Å²) < 4.78 is 4.72. The van der Waals surface area contributed by atoms with Gasteiger partial charge in [0.15, 0.2) is 0 Å². The highest BCUT2D eigenvalue weighted by Gasteiger charge is 2.24. The zero-order valence-corrected chi connectivity index (χ0v) is 12.5. The van der Waals surface area contributed by atoms with Gasteiger partial charge in [-0.3, -0.25) is 4.79 Å². The Balaban J connectivity index is 2.11. The van der Waals surface area contributed by atoms with Gasteiger partial charge in [0.1, 0.15) is 4.88 Å². The Hall–Kier alpha value is -1.05. The molecule has 0 saturated carbocycles. The van der Waals surface area contributed by atoms with Gasteiger partial charge in [-0.15, -0.1) is 11.3 Å². The third-order valence-corrected chi connectivity index (χ3v) is 4.97. The number of amides is 1. The molecule has 1 aromatic rings. The maximum Gasteiger partial charge on any atom is 0.350 e. The molecule has 0 bridgehead atoms. The van der Waals surface area contributed by atoms with Crippen LogP contribution in [-0.4, -0.2) is 43.1 Å². The van der Waals surface area contributed by atoms with E-state index in [0.29, 0.717) is 10.6 Å². The van der Waals surface area contributed by atoms with Gasteiger partial charge in [-0.05, 0) is 17.9 Å². The van der Waals surface area contributed by atoms with E-state index in [0.717, 1.165) is 23.6 Å². The summed E-state index contributed by atoms with van der Waals surface area (Å²) >= 11 is 3.03. The van der Waals surface area contributed by atoms with E-state index in [9.17, 15) is 9.59 Å². The summed E-state index contributed by atoms with van der Waals surface area (Å²) in [4.78, 5) is 24.2. The lowest BCUT2D eigenvalue weighted by molar-refractivity contribution is -0.117. The summed E-state index contributed by atoms with van der Waals surface area (Å²) in [6, 6.07) is -0.205. The number of aryl methyl sites for hydroxylation is 1. The predicted molar refractivity (Wildman–Crippen MR) is 78.1 cm³/mol. The molecule has 0 radical (unpaired) electrons. The van der Waals surface area contributed by atoms with Gasteiger partial charge in [-0.2, -0.15) is 11.8 Å². The highest BCUT2D eigenvalue weighted by molar-refractivity contribution is 7.99. The number of esters is 1. The van der Waals surface area contributed by atoms with Crippen molar-refractivity contribution in [3.63, 3.8) is 0 Å². The third kappa shape index (κ3) is 3.29. The second-order valence-corrected chi connectivity index (χ2v) is 6.21. The van der Waals surface area contributed by atoms with Crippen LogP contribution < -0.4 is 10.6 Å². The van der Waals surface area contributed by atoms with Crippen LogP contribution in [0.4, 0.5) is 5.69 Å². The normalized spacial score (nSPS) is 18.9. The number of hydrogen-bond acceptors (Lipinski definition) is 6. The minimum absolute atomic E-state index is 0.0983. The molecule has 0 aliphatic carbocycles. The van der Waals surface area contributed by atoms with Crippen molar-refractivity contribution in [1.82, 2.24) is 5.32 Å². The van der Waals surface area contributed by atoms with E-state index in [2.05, 4.69) is 10.6 Å². The van der Waals surface area contributed by atoms with E-state index in [1.165, 1.54) is 18.4 Å². The lowest BCUT2D eigenvalue weighted by Gasteiger charge is -2.22. The Labute approximate surface area is 120 Å². The van der Waals surface area contributed by atoms with Crippen LogP contribution in [0, 0.1) is 6.92 Å². The van der Waals surface area contributed by atoms with Crippen LogP contribution in [0.2, 0.25) is 0 Å². The number of carbonyl (C=O) groups is 2. The summed E-state index contributed by atoms with van der Waals surface area (Å²) in [5.74, 6) is 1.26. The topological polar surface area (TPSA) is 67.4 Å². The molecule has 104 valence electrons. The molecule has 1 aliphatic heterocycles. The smallest absolute Gasteiger partial charge is 0.350 e. The van der Waals surface area contributed by atoms with Crippen molar-refractivity contribution in [2.24, 2.45) is 0 Å². The first kappa shape index (κ1) is 14.4. The van der Waals surface area contributed by atoms with Crippen molar-refractivity contribution >= 4 is 40.7 Å². The summed E-state index contributed by atoms with van der Waals surface area (Å²) in [5.41, 5.74) is 1.45. The number of carbonyl (C=O) groups excluding carboxylic acids is 2. The molecule has 0 aromatic carbocycles. The second kappa shape index (κ2) is 6.40. The molecular weight excluding hydrogens is 284 g/mol. The Bertz CT molecular complexity index is 481. The fourth-order valence-electron chi connectivity index (χ4n) is 1.79. The summed E-state index contributed by atoms with van der Waals surface area (Å²) in [6.45, 7) is 2.69. The fraction of sp³-hybridized carbons (Fsp3) is 0.500. The SMILES string of the molecule is COC(=O)c1scc(C)c1NC(=O)C1CSCCN1. The van der Waals surface area contributed by atoms with E-state index in [4.69, 9.17) is 4.74 Å². The van der Waals surface area contributed by atoms with Gasteiger partial charge >= 0.3 is 5.97 Å². The second-order valence-electron chi connectivity index (χ2n) is 4.19. The Morgan fingerprint density at radius 1 is 1.53 bits per heavy atom. The molecule has 7 heteroatoms.